The Kier molecular flexibility index (Phi) is 5.85. The second-order valence-electron chi connectivity index (χ2n) is 3.49. The number of ether oxygens (including phenoxy) is 1. The minimum Gasteiger partial charge on any atom is -0.460 e. The van der Waals surface area contributed by atoms with Gasteiger partial charge in [-0.25, -0.2) is 4.79 Å². The van der Waals surface area contributed by atoms with Gasteiger partial charge in [-0.3, -0.25) is 4.79 Å². The molecule has 0 aromatic heterocycles. The van der Waals surface area contributed by atoms with Gasteiger partial charge in [0.25, 0.3) is 5.78 Å². The van der Waals surface area contributed by atoms with Crippen LogP contribution in [0, 0.1) is 0 Å². The second kappa shape index (κ2) is 7.68. The van der Waals surface area contributed by atoms with Crippen molar-refractivity contribution in [3.8, 4) is 0 Å². The van der Waals surface area contributed by atoms with Crippen LogP contribution in [0.25, 0.3) is 16.5 Å². The van der Waals surface area contributed by atoms with E-state index in [-0.39, 0.29) is 18.7 Å². The van der Waals surface area contributed by atoms with E-state index < -0.39 is 11.8 Å². The first-order valence-corrected chi connectivity index (χ1v) is 5.68. The van der Waals surface area contributed by atoms with E-state index in [0.717, 1.165) is 5.56 Å². The molecule has 1 aromatic rings. The van der Waals surface area contributed by atoms with Gasteiger partial charge in [0.15, 0.2) is 0 Å². The van der Waals surface area contributed by atoms with E-state index in [0.29, 0.717) is 0 Å². The monoisotopic (exact) mass is 259 g/mol. The van der Waals surface area contributed by atoms with Crippen LogP contribution in [-0.2, 0) is 9.53 Å². The van der Waals surface area contributed by atoms with Gasteiger partial charge in [-0.05, 0) is 18.0 Å². The average molecular weight is 259 g/mol. The van der Waals surface area contributed by atoms with Gasteiger partial charge in [0.1, 0.15) is 0 Å². The maximum atomic E-state index is 11.6. The number of benzene rings is 1. The predicted molar refractivity (Wildman–Crippen MR) is 70.5 cm³/mol. The largest absolute Gasteiger partial charge is 0.460 e. The Morgan fingerprint density at radius 2 is 2.05 bits per heavy atom. The minimum atomic E-state index is -0.853. The zero-order valence-electron chi connectivity index (χ0n) is 10.4. The van der Waals surface area contributed by atoms with Crippen LogP contribution in [0.2, 0.25) is 0 Å². The molecule has 0 spiro atoms. The van der Waals surface area contributed by atoms with Crippen molar-refractivity contribution in [3.63, 3.8) is 0 Å². The van der Waals surface area contributed by atoms with E-state index in [1.165, 1.54) is 0 Å². The van der Waals surface area contributed by atoms with Crippen LogP contribution in [0.1, 0.15) is 22.8 Å². The van der Waals surface area contributed by atoms with Gasteiger partial charge in [0.05, 0.1) is 6.61 Å². The van der Waals surface area contributed by atoms with Crippen molar-refractivity contribution in [2.45, 2.75) is 6.92 Å². The molecule has 0 aliphatic carbocycles. The SMILES string of the molecule is CCOC(=O)C(=O)c1ccc(C=CCN=[N+]=[N-])cc1. The third kappa shape index (κ3) is 4.65. The molecule has 0 radical (unpaired) electrons. The van der Waals surface area contributed by atoms with Gasteiger partial charge in [-0.15, -0.1) is 0 Å². The number of esters is 1. The molecule has 0 aliphatic heterocycles. The molecule has 1 rings (SSSR count). The van der Waals surface area contributed by atoms with Crippen LogP contribution in [0.5, 0.6) is 0 Å². The summed E-state index contributed by atoms with van der Waals surface area (Å²) in [5, 5.41) is 3.35. The number of Topliss-reactive ketones (excluding diaryl/α,β-unsaturated/α-hetero) is 1. The standard InChI is InChI=1S/C13H13N3O3/c1-2-19-13(18)12(17)11-7-5-10(6-8-11)4-3-9-15-16-14/h3-8H,2,9H2,1H3. The number of azide groups is 1. The Morgan fingerprint density at radius 3 is 2.63 bits per heavy atom. The first kappa shape index (κ1) is 14.5. The van der Waals surface area contributed by atoms with Gasteiger partial charge >= 0.3 is 5.97 Å². The topological polar surface area (TPSA) is 92.1 Å². The summed E-state index contributed by atoms with van der Waals surface area (Å²) in [4.78, 5) is 25.5. The van der Waals surface area contributed by atoms with Crippen LogP contribution in [-0.4, -0.2) is 24.9 Å². The van der Waals surface area contributed by atoms with Gasteiger partial charge in [-0.2, -0.15) is 0 Å². The van der Waals surface area contributed by atoms with E-state index in [1.54, 1.807) is 43.3 Å². The summed E-state index contributed by atoms with van der Waals surface area (Å²) in [5.41, 5.74) is 9.22. The third-order valence-corrected chi connectivity index (χ3v) is 2.19. The maximum Gasteiger partial charge on any atom is 0.379 e. The van der Waals surface area contributed by atoms with Crippen molar-refractivity contribution in [1.29, 1.82) is 0 Å². The lowest BCUT2D eigenvalue weighted by Crippen LogP contribution is -2.17. The summed E-state index contributed by atoms with van der Waals surface area (Å²) in [6.45, 7) is 2.08. The Hall–Kier alpha value is -2.59. The fourth-order valence-corrected chi connectivity index (χ4v) is 1.33. The van der Waals surface area contributed by atoms with E-state index in [1.807, 2.05) is 0 Å². The molecule has 0 heterocycles. The molecular formula is C13H13N3O3. The molecule has 6 heteroatoms. The molecule has 0 aliphatic rings. The van der Waals surface area contributed by atoms with Gasteiger partial charge in [-0.1, -0.05) is 41.5 Å². The third-order valence-electron chi connectivity index (χ3n) is 2.19. The van der Waals surface area contributed by atoms with E-state index >= 15 is 0 Å². The Bertz CT molecular complexity index is 529. The highest BCUT2D eigenvalue weighted by molar-refractivity contribution is 6.40. The van der Waals surface area contributed by atoms with Crippen molar-refractivity contribution >= 4 is 17.8 Å². The minimum absolute atomic E-state index is 0.171. The molecule has 0 unspecified atom stereocenters. The first-order valence-electron chi connectivity index (χ1n) is 5.68. The van der Waals surface area contributed by atoms with Crippen molar-refractivity contribution in [2.75, 3.05) is 13.2 Å². The number of carbonyl (C=O) groups is 2. The van der Waals surface area contributed by atoms with Crippen LogP contribution in [0.3, 0.4) is 0 Å². The van der Waals surface area contributed by atoms with Crippen LogP contribution >= 0.6 is 0 Å². The Labute approximate surface area is 110 Å². The van der Waals surface area contributed by atoms with Gasteiger partial charge in [0, 0.05) is 17.0 Å². The van der Waals surface area contributed by atoms with Crippen molar-refractivity contribution in [3.05, 3.63) is 51.9 Å². The van der Waals surface area contributed by atoms with Crippen LogP contribution in [0.4, 0.5) is 0 Å². The van der Waals surface area contributed by atoms with Gasteiger partial charge in [0.2, 0.25) is 0 Å². The van der Waals surface area contributed by atoms with E-state index in [2.05, 4.69) is 14.8 Å². The molecular weight excluding hydrogens is 246 g/mol. The Balaban J connectivity index is 2.70. The fraction of sp³-hybridized carbons (Fsp3) is 0.231. The molecule has 19 heavy (non-hydrogen) atoms. The summed E-state index contributed by atoms with van der Waals surface area (Å²) < 4.78 is 4.63. The first-order chi connectivity index (χ1) is 9.19. The molecule has 1 aromatic carbocycles. The number of nitrogens with zero attached hydrogens (tertiary/aromatic N) is 3. The summed E-state index contributed by atoms with van der Waals surface area (Å²) >= 11 is 0. The van der Waals surface area contributed by atoms with E-state index in [9.17, 15) is 9.59 Å². The summed E-state index contributed by atoms with van der Waals surface area (Å²) in [5.74, 6) is -1.51. The average Bonchev–Trinajstić information content (AvgIpc) is 2.44. The summed E-state index contributed by atoms with van der Waals surface area (Å²) in [6.07, 6.45) is 3.45. The number of hydrogen-bond acceptors (Lipinski definition) is 4. The molecule has 98 valence electrons. The highest BCUT2D eigenvalue weighted by atomic mass is 16.5. The Morgan fingerprint density at radius 1 is 1.37 bits per heavy atom. The molecule has 0 atom stereocenters. The second-order valence-corrected chi connectivity index (χ2v) is 3.49. The lowest BCUT2D eigenvalue weighted by atomic mass is 10.1. The molecule has 0 fully saturated rings. The molecule has 6 nitrogen and oxygen atoms in total. The number of carbonyl (C=O) groups excluding carboxylic acids is 2. The quantitative estimate of drug-likeness (QED) is 0.196. The van der Waals surface area contributed by atoms with Crippen molar-refractivity contribution in [2.24, 2.45) is 5.11 Å². The number of rotatable bonds is 6. The zero-order valence-corrected chi connectivity index (χ0v) is 10.4. The molecule has 0 saturated heterocycles. The lowest BCUT2D eigenvalue weighted by molar-refractivity contribution is -0.137. The normalized spacial score (nSPS) is 9.95. The number of hydrogen-bond donors (Lipinski definition) is 0. The van der Waals surface area contributed by atoms with Crippen LogP contribution in [0.15, 0.2) is 35.5 Å². The van der Waals surface area contributed by atoms with Crippen molar-refractivity contribution in [1.82, 2.24) is 0 Å². The predicted octanol–water partition coefficient (Wildman–Crippen LogP) is 2.76. The van der Waals surface area contributed by atoms with Gasteiger partial charge < -0.3 is 4.74 Å². The highest BCUT2D eigenvalue weighted by Crippen LogP contribution is 2.08. The van der Waals surface area contributed by atoms with Crippen molar-refractivity contribution < 1.29 is 14.3 Å². The summed E-state index contributed by atoms with van der Waals surface area (Å²) in [6, 6.07) is 6.48. The maximum absolute atomic E-state index is 11.6. The molecule has 0 saturated carbocycles. The molecule has 0 amide bonds. The smallest absolute Gasteiger partial charge is 0.379 e. The highest BCUT2D eigenvalue weighted by Gasteiger charge is 2.16. The molecule has 0 bridgehead atoms. The number of ketones is 1. The zero-order chi connectivity index (χ0) is 14.1. The lowest BCUT2D eigenvalue weighted by Gasteiger charge is -2.01. The fourth-order valence-electron chi connectivity index (χ4n) is 1.33. The summed E-state index contributed by atoms with van der Waals surface area (Å²) in [7, 11) is 0. The van der Waals surface area contributed by atoms with E-state index in [4.69, 9.17) is 5.53 Å². The molecule has 0 N–H and O–H groups in total. The van der Waals surface area contributed by atoms with Crippen LogP contribution < -0.4 is 0 Å².